The van der Waals surface area contributed by atoms with Crippen molar-refractivity contribution >= 4 is 38.1 Å². The summed E-state index contributed by atoms with van der Waals surface area (Å²) in [5.74, 6) is 1.18. The second-order valence-electron chi connectivity index (χ2n) is 13.7. The Labute approximate surface area is 229 Å². The quantitative estimate of drug-likeness (QED) is 0.287. The van der Waals surface area contributed by atoms with Crippen molar-refractivity contribution in [3.63, 3.8) is 0 Å². The van der Waals surface area contributed by atoms with E-state index in [9.17, 15) is 8.42 Å². The van der Waals surface area contributed by atoms with Crippen LogP contribution in [0, 0.1) is 5.92 Å². The summed E-state index contributed by atoms with van der Waals surface area (Å²) in [6.07, 6.45) is 5.22. The maximum absolute atomic E-state index is 12.5. The average Bonchev–Trinajstić information content (AvgIpc) is 3.16. The first-order chi connectivity index (χ1) is 16.8. The molecular weight excluding hydrogens is 515 g/mol. The fourth-order valence-corrected chi connectivity index (χ4v) is 13.8. The molecule has 0 saturated heterocycles. The summed E-state index contributed by atoms with van der Waals surface area (Å²) < 4.78 is 40.5. The number of hydrogen-bond donors (Lipinski definition) is 0. The lowest BCUT2D eigenvalue weighted by atomic mass is 9.85. The van der Waals surface area contributed by atoms with E-state index in [2.05, 4.69) is 87.6 Å². The van der Waals surface area contributed by atoms with Crippen LogP contribution in [-0.2, 0) is 31.7 Å². The Morgan fingerprint density at radius 1 is 1.03 bits per heavy atom. The Morgan fingerprint density at radius 3 is 2.08 bits per heavy atom. The summed E-state index contributed by atoms with van der Waals surface area (Å²) in [6.45, 7) is 26.6. The highest BCUT2D eigenvalue weighted by Gasteiger charge is 2.46. The van der Waals surface area contributed by atoms with E-state index in [0.717, 1.165) is 35.4 Å². The van der Waals surface area contributed by atoms with Gasteiger partial charge in [-0.25, -0.2) is 8.42 Å². The van der Waals surface area contributed by atoms with Crippen LogP contribution >= 0.6 is 0 Å². The molecule has 0 aromatic heterocycles. The van der Waals surface area contributed by atoms with E-state index < -0.39 is 26.7 Å². The van der Waals surface area contributed by atoms with Gasteiger partial charge >= 0.3 is 0 Å². The van der Waals surface area contributed by atoms with Gasteiger partial charge in [0.25, 0.3) is 0 Å². The molecule has 5 nitrogen and oxygen atoms in total. The molecule has 1 heterocycles. The van der Waals surface area contributed by atoms with Crippen molar-refractivity contribution in [3.8, 4) is 0 Å². The van der Waals surface area contributed by atoms with Gasteiger partial charge in [0.15, 0.2) is 8.32 Å². The van der Waals surface area contributed by atoms with E-state index in [1.54, 1.807) is 4.31 Å². The van der Waals surface area contributed by atoms with E-state index in [1.807, 2.05) is 6.07 Å². The Morgan fingerprint density at radius 2 is 1.59 bits per heavy atom. The molecule has 0 spiro atoms. The van der Waals surface area contributed by atoms with E-state index in [-0.39, 0.29) is 11.0 Å². The van der Waals surface area contributed by atoms with Crippen LogP contribution in [0.25, 0.3) is 5.76 Å². The standard InChI is InChI=1S/C29H51NO4SSi2/c1-20(2)37(21(3)4,22(5)6)33-19-23-17-24-13-14-26-25(15-16-30(26)35(10,31)32)28(24)27(18-23)34-36(11,12)29(7,8)9/h13-14,18,20-23H,15-17,19H2,1-12H3/t23-/m0/s1. The van der Waals surface area contributed by atoms with Gasteiger partial charge in [0, 0.05) is 24.6 Å². The number of fused-ring (bicyclic) bond motifs is 3. The molecule has 210 valence electrons. The number of benzene rings is 1. The zero-order valence-electron chi connectivity index (χ0n) is 25.4. The third-order valence-electron chi connectivity index (χ3n) is 9.15. The summed E-state index contributed by atoms with van der Waals surface area (Å²) in [4.78, 5) is 0. The topological polar surface area (TPSA) is 55.8 Å². The molecule has 2 aliphatic rings. The normalized spacial score (nSPS) is 18.9. The van der Waals surface area contributed by atoms with Crippen molar-refractivity contribution in [2.75, 3.05) is 23.7 Å². The van der Waals surface area contributed by atoms with Crippen molar-refractivity contribution in [2.24, 2.45) is 5.92 Å². The van der Waals surface area contributed by atoms with E-state index >= 15 is 0 Å². The van der Waals surface area contributed by atoms with Gasteiger partial charge in [-0.15, -0.1) is 0 Å². The van der Waals surface area contributed by atoms with Crippen LogP contribution in [0.4, 0.5) is 5.69 Å². The first-order valence-electron chi connectivity index (χ1n) is 14.0. The summed E-state index contributed by atoms with van der Waals surface area (Å²) in [7, 11) is -7.42. The molecule has 0 saturated carbocycles. The van der Waals surface area contributed by atoms with E-state index in [0.29, 0.717) is 29.8 Å². The number of rotatable bonds is 9. The highest BCUT2D eigenvalue weighted by Crippen LogP contribution is 2.47. The highest BCUT2D eigenvalue weighted by atomic mass is 32.2. The third kappa shape index (κ3) is 5.77. The zero-order chi connectivity index (χ0) is 28.1. The number of hydrogen-bond acceptors (Lipinski definition) is 4. The zero-order valence-corrected chi connectivity index (χ0v) is 28.2. The van der Waals surface area contributed by atoms with Gasteiger partial charge < -0.3 is 8.85 Å². The fraction of sp³-hybridized carbons (Fsp3) is 0.724. The monoisotopic (exact) mass is 565 g/mol. The summed E-state index contributed by atoms with van der Waals surface area (Å²) in [5, 5.41) is 0.0587. The molecule has 1 aliphatic carbocycles. The minimum absolute atomic E-state index is 0.0587. The smallest absolute Gasteiger partial charge is 0.250 e. The lowest BCUT2D eigenvalue weighted by Crippen LogP contribution is -2.48. The summed E-state index contributed by atoms with van der Waals surface area (Å²) in [6, 6.07) is 4.13. The second kappa shape index (κ2) is 10.5. The van der Waals surface area contributed by atoms with Crippen molar-refractivity contribution in [1.82, 2.24) is 0 Å². The lowest BCUT2D eigenvalue weighted by Gasteiger charge is -2.43. The van der Waals surface area contributed by atoms with Gasteiger partial charge in [0.1, 0.15) is 5.76 Å². The van der Waals surface area contributed by atoms with Gasteiger partial charge in [-0.3, -0.25) is 4.31 Å². The molecule has 0 amide bonds. The Kier molecular flexibility index (Phi) is 8.61. The maximum atomic E-state index is 12.5. The number of nitrogens with zero attached hydrogens (tertiary/aromatic N) is 1. The second-order valence-corrected chi connectivity index (χ2v) is 25.8. The van der Waals surface area contributed by atoms with Crippen molar-refractivity contribution < 1.29 is 17.3 Å². The lowest BCUT2D eigenvalue weighted by molar-refractivity contribution is 0.239. The van der Waals surface area contributed by atoms with Crippen LogP contribution in [0.1, 0.15) is 79.0 Å². The van der Waals surface area contributed by atoms with Crippen molar-refractivity contribution in [1.29, 1.82) is 0 Å². The van der Waals surface area contributed by atoms with Gasteiger partial charge in [-0.1, -0.05) is 68.4 Å². The van der Waals surface area contributed by atoms with Crippen LogP contribution in [0.3, 0.4) is 0 Å². The molecule has 1 aromatic carbocycles. The summed E-state index contributed by atoms with van der Waals surface area (Å²) >= 11 is 0. The van der Waals surface area contributed by atoms with Gasteiger partial charge in [0.2, 0.25) is 18.3 Å². The molecule has 0 unspecified atom stereocenters. The third-order valence-corrected chi connectivity index (χ3v) is 20.8. The van der Waals surface area contributed by atoms with Crippen LogP contribution in [0.2, 0.25) is 34.8 Å². The molecule has 0 bridgehead atoms. The predicted molar refractivity (Wildman–Crippen MR) is 163 cm³/mol. The summed E-state index contributed by atoms with van der Waals surface area (Å²) in [5.41, 5.74) is 5.94. The molecular formula is C29H51NO4SSi2. The highest BCUT2D eigenvalue weighted by molar-refractivity contribution is 7.92. The molecule has 8 heteroatoms. The minimum atomic E-state index is -3.31. The first-order valence-corrected chi connectivity index (χ1v) is 20.9. The maximum Gasteiger partial charge on any atom is 0.250 e. The number of anilines is 1. The molecule has 1 aromatic rings. The Hall–Kier alpha value is -1.10. The molecule has 0 radical (unpaired) electrons. The van der Waals surface area contributed by atoms with Crippen LogP contribution in [-0.4, -0.2) is 44.5 Å². The van der Waals surface area contributed by atoms with Crippen molar-refractivity contribution in [3.05, 3.63) is 34.9 Å². The first kappa shape index (κ1) is 30.4. The Bertz CT molecular complexity index is 1110. The molecule has 1 aliphatic heterocycles. The van der Waals surface area contributed by atoms with Gasteiger partial charge in [-0.05, 0) is 70.9 Å². The molecule has 0 fully saturated rings. The van der Waals surface area contributed by atoms with Gasteiger partial charge in [0.05, 0.1) is 11.9 Å². The van der Waals surface area contributed by atoms with Crippen LogP contribution in [0.15, 0.2) is 18.2 Å². The van der Waals surface area contributed by atoms with Gasteiger partial charge in [-0.2, -0.15) is 0 Å². The SMILES string of the molecule is CC(C)[Si](OC[C@@H]1C=C(O[Si](C)(C)C(C)(C)C)c2c(ccc3c2CCN3S(C)(=O)=O)C1)(C(C)C)C(C)C. The van der Waals surface area contributed by atoms with Crippen LogP contribution in [0.5, 0.6) is 0 Å². The Balaban J connectivity index is 2.06. The molecule has 1 atom stereocenters. The molecule has 37 heavy (non-hydrogen) atoms. The predicted octanol–water partition coefficient (Wildman–Crippen LogP) is 7.74. The molecule has 3 rings (SSSR count). The van der Waals surface area contributed by atoms with E-state index in [4.69, 9.17) is 8.85 Å². The fourth-order valence-electron chi connectivity index (χ4n) is 6.34. The minimum Gasteiger partial charge on any atom is -0.543 e. The number of sulfonamides is 1. The average molecular weight is 566 g/mol. The van der Waals surface area contributed by atoms with Crippen molar-refractivity contribution in [2.45, 2.75) is 110 Å². The largest absolute Gasteiger partial charge is 0.543 e. The molecule has 0 N–H and O–H groups in total. The van der Waals surface area contributed by atoms with Crippen LogP contribution < -0.4 is 4.31 Å². The van der Waals surface area contributed by atoms with E-state index in [1.165, 1.54) is 11.8 Å².